The van der Waals surface area contributed by atoms with Crippen LogP contribution in [0.4, 0.5) is 0 Å². The summed E-state index contributed by atoms with van der Waals surface area (Å²) in [7, 11) is 6.34. The van der Waals surface area contributed by atoms with Crippen LogP contribution in [0.2, 0.25) is 0 Å². The highest BCUT2D eigenvalue weighted by Crippen LogP contribution is 2.16. The molecule has 1 N–H and O–H groups in total. The van der Waals surface area contributed by atoms with Crippen LogP contribution in [0.15, 0.2) is 10.5 Å². The van der Waals surface area contributed by atoms with Crippen molar-refractivity contribution in [3.8, 4) is 0 Å². The van der Waals surface area contributed by atoms with E-state index in [2.05, 4.69) is 63.1 Å². The van der Waals surface area contributed by atoms with Gasteiger partial charge in [-0.2, -0.15) is 0 Å². The number of aryl methyl sites for hydroxylation is 1. The summed E-state index contributed by atoms with van der Waals surface area (Å²) in [5.41, 5.74) is 1.28. The normalized spacial score (nSPS) is 12.1. The van der Waals surface area contributed by atoms with E-state index in [0.29, 0.717) is 5.92 Å². The third-order valence-corrected chi connectivity index (χ3v) is 3.29. The summed E-state index contributed by atoms with van der Waals surface area (Å²) < 4.78 is 5.85. The molecule has 1 aromatic rings. The molecule has 0 radical (unpaired) electrons. The van der Waals surface area contributed by atoms with E-state index < -0.39 is 0 Å². The molecule has 0 unspecified atom stereocenters. The number of likely N-dealkylation sites (N-methyl/N-ethyl adjacent to an activating group) is 2. The van der Waals surface area contributed by atoms with Crippen LogP contribution in [0.3, 0.4) is 0 Å². The second-order valence-corrected chi connectivity index (χ2v) is 6.36. The summed E-state index contributed by atoms with van der Waals surface area (Å²) in [5, 5.41) is 3.47. The van der Waals surface area contributed by atoms with Gasteiger partial charge in [-0.25, -0.2) is 0 Å². The molecule has 116 valence electrons. The lowest BCUT2D eigenvalue weighted by Crippen LogP contribution is -2.28. The number of nitrogens with one attached hydrogen (secondary N) is 1. The first-order valence-electron chi connectivity index (χ1n) is 7.50. The van der Waals surface area contributed by atoms with Gasteiger partial charge in [-0.05, 0) is 46.6 Å². The van der Waals surface area contributed by atoms with Gasteiger partial charge >= 0.3 is 0 Å². The van der Waals surface area contributed by atoms with Gasteiger partial charge in [0, 0.05) is 25.2 Å². The molecule has 0 fully saturated rings. The van der Waals surface area contributed by atoms with Gasteiger partial charge in [0.15, 0.2) is 0 Å². The quantitative estimate of drug-likeness (QED) is 0.753. The van der Waals surface area contributed by atoms with E-state index >= 15 is 0 Å². The Morgan fingerprint density at radius 1 is 1.20 bits per heavy atom. The first-order chi connectivity index (χ1) is 9.38. The number of nitrogens with zero attached hydrogens (tertiary/aromatic N) is 2. The molecule has 0 saturated carbocycles. The van der Waals surface area contributed by atoms with Crippen molar-refractivity contribution in [1.82, 2.24) is 15.1 Å². The maximum absolute atomic E-state index is 5.85. The van der Waals surface area contributed by atoms with Crippen molar-refractivity contribution >= 4 is 0 Å². The third kappa shape index (κ3) is 6.55. The van der Waals surface area contributed by atoms with Crippen LogP contribution in [0.5, 0.6) is 0 Å². The Labute approximate surface area is 124 Å². The summed E-state index contributed by atoms with van der Waals surface area (Å²) in [6.45, 7) is 11.4. The Morgan fingerprint density at radius 2 is 1.90 bits per heavy atom. The third-order valence-electron chi connectivity index (χ3n) is 3.29. The van der Waals surface area contributed by atoms with Gasteiger partial charge in [0.25, 0.3) is 0 Å². The van der Waals surface area contributed by atoms with Crippen LogP contribution in [0.1, 0.15) is 30.9 Å². The highest BCUT2D eigenvalue weighted by Gasteiger charge is 2.09. The van der Waals surface area contributed by atoms with Crippen molar-refractivity contribution < 1.29 is 4.42 Å². The lowest BCUT2D eigenvalue weighted by atomic mass is 10.2. The van der Waals surface area contributed by atoms with E-state index in [1.165, 1.54) is 5.56 Å². The minimum atomic E-state index is 0.679. The van der Waals surface area contributed by atoms with E-state index in [0.717, 1.165) is 44.2 Å². The van der Waals surface area contributed by atoms with Crippen LogP contribution in [0.25, 0.3) is 0 Å². The Bertz CT molecular complexity index is 385. The zero-order valence-electron chi connectivity index (χ0n) is 14.0. The predicted molar refractivity (Wildman–Crippen MR) is 84.9 cm³/mol. The first kappa shape index (κ1) is 17.2. The van der Waals surface area contributed by atoms with Crippen molar-refractivity contribution in [3.05, 3.63) is 23.2 Å². The average molecular weight is 281 g/mol. The molecule has 4 heteroatoms. The predicted octanol–water partition coefficient (Wildman–Crippen LogP) is 2.33. The molecule has 0 amide bonds. The van der Waals surface area contributed by atoms with Crippen LogP contribution in [0, 0.1) is 12.8 Å². The zero-order chi connectivity index (χ0) is 15.1. The Balaban J connectivity index is 2.43. The van der Waals surface area contributed by atoms with Crippen molar-refractivity contribution in [3.63, 3.8) is 0 Å². The van der Waals surface area contributed by atoms with Gasteiger partial charge in [0.05, 0.1) is 6.54 Å². The van der Waals surface area contributed by atoms with Gasteiger partial charge in [0.1, 0.15) is 11.5 Å². The highest BCUT2D eigenvalue weighted by atomic mass is 16.3. The summed E-state index contributed by atoms with van der Waals surface area (Å²) in [4.78, 5) is 4.49. The van der Waals surface area contributed by atoms with Gasteiger partial charge in [0.2, 0.25) is 0 Å². The first-order valence-corrected chi connectivity index (χ1v) is 7.50. The number of rotatable bonds is 9. The smallest absolute Gasteiger partial charge is 0.118 e. The monoisotopic (exact) mass is 281 g/mol. The molecule has 0 aliphatic heterocycles. The molecule has 1 rings (SSSR count). The minimum absolute atomic E-state index is 0.679. The second kappa shape index (κ2) is 8.45. The molecular weight excluding hydrogens is 250 g/mol. The lowest BCUT2D eigenvalue weighted by Gasteiger charge is -2.17. The van der Waals surface area contributed by atoms with E-state index in [4.69, 9.17) is 4.42 Å². The maximum atomic E-state index is 5.85. The molecule has 0 bridgehead atoms. The fourth-order valence-electron chi connectivity index (χ4n) is 2.05. The van der Waals surface area contributed by atoms with Crippen molar-refractivity contribution in [1.29, 1.82) is 0 Å². The standard InChI is InChI=1S/C16H31N3O/c1-13(2)10-17-11-15-9-16(20-14(15)3)12-19(6)8-7-18(4)5/h9,13,17H,7-8,10-12H2,1-6H3. The Morgan fingerprint density at radius 3 is 2.50 bits per heavy atom. The molecule has 4 nitrogen and oxygen atoms in total. The lowest BCUT2D eigenvalue weighted by molar-refractivity contribution is 0.257. The molecule has 1 aromatic heterocycles. The number of hydrogen-bond acceptors (Lipinski definition) is 4. The topological polar surface area (TPSA) is 31.7 Å². The summed E-state index contributed by atoms with van der Waals surface area (Å²) in [6.07, 6.45) is 0. The minimum Gasteiger partial charge on any atom is -0.465 e. The number of hydrogen-bond donors (Lipinski definition) is 1. The van der Waals surface area contributed by atoms with Crippen molar-refractivity contribution in [2.45, 2.75) is 33.9 Å². The van der Waals surface area contributed by atoms with E-state index in [1.54, 1.807) is 0 Å². The van der Waals surface area contributed by atoms with Gasteiger partial charge in [-0.15, -0.1) is 0 Å². The highest BCUT2D eigenvalue weighted by molar-refractivity contribution is 5.20. The number of furan rings is 1. The Hall–Kier alpha value is -0.840. The largest absolute Gasteiger partial charge is 0.465 e. The average Bonchev–Trinajstić information content (AvgIpc) is 2.67. The van der Waals surface area contributed by atoms with Crippen LogP contribution >= 0.6 is 0 Å². The Kier molecular flexibility index (Phi) is 7.27. The molecule has 0 aromatic carbocycles. The van der Waals surface area contributed by atoms with E-state index in [1.807, 2.05) is 0 Å². The van der Waals surface area contributed by atoms with Crippen LogP contribution in [-0.2, 0) is 13.1 Å². The molecule has 0 spiro atoms. The molecule has 0 saturated heterocycles. The van der Waals surface area contributed by atoms with Crippen LogP contribution in [-0.4, -0.2) is 50.6 Å². The van der Waals surface area contributed by atoms with Crippen molar-refractivity contribution in [2.24, 2.45) is 5.92 Å². The molecular formula is C16H31N3O. The zero-order valence-corrected chi connectivity index (χ0v) is 14.0. The molecule has 0 atom stereocenters. The van der Waals surface area contributed by atoms with Gasteiger partial charge in [-0.1, -0.05) is 13.8 Å². The van der Waals surface area contributed by atoms with E-state index in [-0.39, 0.29) is 0 Å². The van der Waals surface area contributed by atoms with E-state index in [9.17, 15) is 0 Å². The molecule has 20 heavy (non-hydrogen) atoms. The van der Waals surface area contributed by atoms with Gasteiger partial charge in [-0.3, -0.25) is 4.90 Å². The maximum Gasteiger partial charge on any atom is 0.118 e. The van der Waals surface area contributed by atoms with Crippen LogP contribution < -0.4 is 5.32 Å². The SMILES string of the molecule is Cc1oc(CN(C)CCN(C)C)cc1CNCC(C)C. The second-order valence-electron chi connectivity index (χ2n) is 6.36. The molecule has 0 aliphatic carbocycles. The summed E-state index contributed by atoms with van der Waals surface area (Å²) in [5.74, 6) is 2.78. The van der Waals surface area contributed by atoms with Gasteiger partial charge < -0.3 is 14.6 Å². The van der Waals surface area contributed by atoms with Crippen molar-refractivity contribution in [2.75, 3.05) is 40.8 Å². The fraction of sp³-hybridized carbons (Fsp3) is 0.750. The fourth-order valence-corrected chi connectivity index (χ4v) is 2.05. The molecule has 1 heterocycles. The summed E-state index contributed by atoms with van der Waals surface area (Å²) in [6, 6.07) is 2.19. The summed E-state index contributed by atoms with van der Waals surface area (Å²) >= 11 is 0. The molecule has 0 aliphatic rings.